The van der Waals surface area contributed by atoms with Crippen LogP contribution in [0.25, 0.3) is 11.3 Å². The van der Waals surface area contributed by atoms with Crippen LogP contribution in [-0.2, 0) is 0 Å². The van der Waals surface area contributed by atoms with E-state index in [0.717, 1.165) is 5.56 Å². The number of carboxylic acids is 1. The van der Waals surface area contributed by atoms with Crippen LogP contribution in [0.1, 0.15) is 21.7 Å². The lowest BCUT2D eigenvalue weighted by atomic mass is 10.1. The van der Waals surface area contributed by atoms with Crippen LogP contribution >= 0.6 is 0 Å². The summed E-state index contributed by atoms with van der Waals surface area (Å²) in [5.74, 6) is -1.75. The van der Waals surface area contributed by atoms with Crippen LogP contribution in [0.5, 0.6) is 0 Å². The quantitative estimate of drug-likeness (QED) is 0.884. The molecule has 0 spiro atoms. The zero-order valence-electron chi connectivity index (χ0n) is 9.94. The Hall–Kier alpha value is -2.30. The number of aromatic nitrogens is 2. The molecule has 0 saturated carbocycles. The first kappa shape index (κ1) is 12.2. The van der Waals surface area contributed by atoms with Gasteiger partial charge in [0.1, 0.15) is 5.82 Å². The van der Waals surface area contributed by atoms with E-state index in [0.29, 0.717) is 16.8 Å². The van der Waals surface area contributed by atoms with Crippen LogP contribution in [0.2, 0.25) is 0 Å². The third-order valence-electron chi connectivity index (χ3n) is 2.59. The standard InChI is InChI=1S/C13H11FN2O2/c1-7-5-9(3-4-10(7)14)11-8(2)6-15-12(16-11)13(17)18/h3-6H,1-2H3,(H,17,18). The first-order chi connectivity index (χ1) is 8.49. The van der Waals surface area contributed by atoms with Crippen molar-refractivity contribution in [1.29, 1.82) is 0 Å². The van der Waals surface area contributed by atoms with Gasteiger partial charge in [0.2, 0.25) is 5.82 Å². The molecule has 0 radical (unpaired) electrons. The molecule has 0 saturated heterocycles. The van der Waals surface area contributed by atoms with Gasteiger partial charge in [0.25, 0.3) is 0 Å². The van der Waals surface area contributed by atoms with Gasteiger partial charge in [-0.25, -0.2) is 19.2 Å². The highest BCUT2D eigenvalue weighted by atomic mass is 19.1. The largest absolute Gasteiger partial charge is 0.475 e. The topological polar surface area (TPSA) is 63.1 Å². The highest BCUT2D eigenvalue weighted by Crippen LogP contribution is 2.22. The Labute approximate surface area is 103 Å². The second-order valence-electron chi connectivity index (χ2n) is 3.99. The van der Waals surface area contributed by atoms with E-state index in [4.69, 9.17) is 5.11 Å². The molecule has 0 aliphatic carbocycles. The SMILES string of the molecule is Cc1cc(-c2nc(C(=O)O)ncc2C)ccc1F. The van der Waals surface area contributed by atoms with Crippen molar-refractivity contribution in [2.45, 2.75) is 13.8 Å². The van der Waals surface area contributed by atoms with Crippen LogP contribution in [-0.4, -0.2) is 21.0 Å². The van der Waals surface area contributed by atoms with Gasteiger partial charge in [0.05, 0.1) is 5.69 Å². The van der Waals surface area contributed by atoms with Gasteiger partial charge >= 0.3 is 5.97 Å². The summed E-state index contributed by atoms with van der Waals surface area (Å²) in [6, 6.07) is 4.55. The minimum Gasteiger partial charge on any atom is -0.475 e. The maximum atomic E-state index is 13.2. The molecular formula is C13H11FN2O2. The molecule has 0 aliphatic rings. The predicted octanol–water partition coefficient (Wildman–Crippen LogP) is 2.60. The summed E-state index contributed by atoms with van der Waals surface area (Å²) in [5, 5.41) is 8.86. The van der Waals surface area contributed by atoms with Gasteiger partial charge in [-0.2, -0.15) is 0 Å². The molecule has 5 heteroatoms. The minimum absolute atomic E-state index is 0.266. The summed E-state index contributed by atoms with van der Waals surface area (Å²) >= 11 is 0. The number of hydrogen-bond donors (Lipinski definition) is 1. The Bertz CT molecular complexity index is 626. The fourth-order valence-corrected chi connectivity index (χ4v) is 1.63. The van der Waals surface area contributed by atoms with E-state index in [-0.39, 0.29) is 11.6 Å². The molecule has 0 fully saturated rings. The van der Waals surface area contributed by atoms with Crippen LogP contribution in [0.4, 0.5) is 4.39 Å². The fourth-order valence-electron chi connectivity index (χ4n) is 1.63. The summed E-state index contributed by atoms with van der Waals surface area (Å²) in [6.45, 7) is 3.42. The molecule has 0 unspecified atom stereocenters. The number of aryl methyl sites for hydroxylation is 2. The Balaban J connectivity index is 2.58. The molecule has 18 heavy (non-hydrogen) atoms. The first-order valence-corrected chi connectivity index (χ1v) is 5.32. The third kappa shape index (κ3) is 2.20. The van der Waals surface area contributed by atoms with Crippen molar-refractivity contribution in [3.63, 3.8) is 0 Å². The van der Waals surface area contributed by atoms with E-state index >= 15 is 0 Å². The normalized spacial score (nSPS) is 10.4. The fraction of sp³-hybridized carbons (Fsp3) is 0.154. The maximum absolute atomic E-state index is 13.2. The molecule has 92 valence electrons. The number of carbonyl (C=O) groups is 1. The molecule has 1 heterocycles. The lowest BCUT2D eigenvalue weighted by molar-refractivity contribution is 0.0683. The monoisotopic (exact) mass is 246 g/mol. The lowest BCUT2D eigenvalue weighted by Gasteiger charge is -2.07. The van der Waals surface area contributed by atoms with Crippen molar-refractivity contribution in [2.24, 2.45) is 0 Å². The van der Waals surface area contributed by atoms with E-state index in [2.05, 4.69) is 9.97 Å². The Morgan fingerprint density at radius 1 is 1.28 bits per heavy atom. The van der Waals surface area contributed by atoms with Crippen molar-refractivity contribution >= 4 is 5.97 Å². The number of nitrogens with zero attached hydrogens (tertiary/aromatic N) is 2. The molecule has 1 aromatic carbocycles. The second-order valence-corrected chi connectivity index (χ2v) is 3.99. The Morgan fingerprint density at radius 2 is 2.00 bits per heavy atom. The molecule has 0 bridgehead atoms. The first-order valence-electron chi connectivity index (χ1n) is 5.32. The molecule has 0 aliphatic heterocycles. The van der Waals surface area contributed by atoms with Gasteiger partial charge in [-0.3, -0.25) is 0 Å². The van der Waals surface area contributed by atoms with E-state index in [1.807, 2.05) is 0 Å². The molecule has 1 N–H and O–H groups in total. The van der Waals surface area contributed by atoms with E-state index in [1.165, 1.54) is 12.3 Å². The molecule has 2 rings (SSSR count). The van der Waals surface area contributed by atoms with Gasteiger partial charge in [-0.1, -0.05) is 0 Å². The Morgan fingerprint density at radius 3 is 2.61 bits per heavy atom. The van der Waals surface area contributed by atoms with Gasteiger partial charge < -0.3 is 5.11 Å². The van der Waals surface area contributed by atoms with Crippen molar-refractivity contribution in [2.75, 3.05) is 0 Å². The second kappa shape index (κ2) is 4.52. The number of hydrogen-bond acceptors (Lipinski definition) is 3. The number of rotatable bonds is 2. The van der Waals surface area contributed by atoms with Gasteiger partial charge in [-0.15, -0.1) is 0 Å². The number of benzene rings is 1. The van der Waals surface area contributed by atoms with E-state index < -0.39 is 5.97 Å². The molecule has 1 aromatic heterocycles. The molecule has 4 nitrogen and oxygen atoms in total. The highest BCUT2D eigenvalue weighted by Gasteiger charge is 2.12. The van der Waals surface area contributed by atoms with Crippen molar-refractivity contribution in [1.82, 2.24) is 9.97 Å². The average molecular weight is 246 g/mol. The summed E-state index contributed by atoms with van der Waals surface area (Å²) < 4.78 is 13.2. The highest BCUT2D eigenvalue weighted by molar-refractivity contribution is 5.84. The number of aromatic carboxylic acids is 1. The molecule has 2 aromatic rings. The smallest absolute Gasteiger partial charge is 0.373 e. The van der Waals surface area contributed by atoms with Crippen LogP contribution < -0.4 is 0 Å². The number of carboxylic acid groups (broad SMARTS) is 1. The van der Waals surface area contributed by atoms with Crippen molar-refractivity contribution in [3.8, 4) is 11.3 Å². The van der Waals surface area contributed by atoms with Gasteiger partial charge in [-0.05, 0) is 43.2 Å². The van der Waals surface area contributed by atoms with Gasteiger partial charge in [0.15, 0.2) is 0 Å². The minimum atomic E-state index is -1.19. The predicted molar refractivity (Wildman–Crippen MR) is 63.9 cm³/mol. The summed E-state index contributed by atoms with van der Waals surface area (Å²) in [7, 11) is 0. The summed E-state index contributed by atoms with van der Waals surface area (Å²) in [5.41, 5.74) is 2.41. The Kier molecular flexibility index (Phi) is 3.06. The van der Waals surface area contributed by atoms with E-state index in [9.17, 15) is 9.18 Å². The zero-order valence-corrected chi connectivity index (χ0v) is 9.94. The molecular weight excluding hydrogens is 235 g/mol. The zero-order chi connectivity index (χ0) is 13.3. The van der Waals surface area contributed by atoms with Crippen molar-refractivity contribution in [3.05, 3.63) is 47.2 Å². The maximum Gasteiger partial charge on any atom is 0.373 e. The van der Waals surface area contributed by atoms with E-state index in [1.54, 1.807) is 26.0 Å². The van der Waals surface area contributed by atoms with Crippen LogP contribution in [0.3, 0.4) is 0 Å². The van der Waals surface area contributed by atoms with Crippen LogP contribution in [0.15, 0.2) is 24.4 Å². The lowest BCUT2D eigenvalue weighted by Crippen LogP contribution is -2.06. The van der Waals surface area contributed by atoms with Crippen molar-refractivity contribution < 1.29 is 14.3 Å². The summed E-state index contributed by atoms with van der Waals surface area (Å²) in [6.07, 6.45) is 1.45. The molecule has 0 amide bonds. The summed E-state index contributed by atoms with van der Waals surface area (Å²) in [4.78, 5) is 18.5. The molecule has 0 atom stereocenters. The van der Waals surface area contributed by atoms with Crippen LogP contribution in [0, 0.1) is 19.7 Å². The third-order valence-corrected chi connectivity index (χ3v) is 2.59. The average Bonchev–Trinajstić information content (AvgIpc) is 2.33. The van der Waals surface area contributed by atoms with Gasteiger partial charge in [0, 0.05) is 11.8 Å². The number of halogens is 1.